The average Bonchev–Trinajstić information content (AvgIpc) is 3.54. The third-order valence-electron chi connectivity index (χ3n) is 9.28. The number of fused-ring (bicyclic) bond motifs is 4. The second-order valence-electron chi connectivity index (χ2n) is 12.2. The van der Waals surface area contributed by atoms with Crippen LogP contribution < -0.4 is 4.90 Å². The summed E-state index contributed by atoms with van der Waals surface area (Å²) >= 11 is 0. The lowest BCUT2D eigenvalue weighted by Crippen LogP contribution is -2.10. The van der Waals surface area contributed by atoms with E-state index in [-0.39, 0.29) is 0 Å². The maximum atomic E-state index is 6.20. The van der Waals surface area contributed by atoms with Crippen LogP contribution in [0.3, 0.4) is 0 Å². The molecule has 0 aliphatic heterocycles. The molecule has 0 amide bonds. The van der Waals surface area contributed by atoms with E-state index < -0.39 is 0 Å². The highest BCUT2D eigenvalue weighted by Gasteiger charge is 2.18. The van der Waals surface area contributed by atoms with Crippen LogP contribution in [-0.4, -0.2) is 0 Å². The topological polar surface area (TPSA) is 16.4 Å². The van der Waals surface area contributed by atoms with Crippen LogP contribution in [-0.2, 0) is 0 Å². The Morgan fingerprint density at radius 3 is 1.71 bits per heavy atom. The number of benzene rings is 8. The summed E-state index contributed by atoms with van der Waals surface area (Å²) in [6.45, 7) is 0. The van der Waals surface area contributed by atoms with Crippen molar-refractivity contribution >= 4 is 49.8 Å². The van der Waals surface area contributed by atoms with E-state index >= 15 is 0 Å². The Morgan fingerprint density at radius 2 is 0.917 bits per heavy atom. The van der Waals surface area contributed by atoms with Gasteiger partial charge in [0, 0.05) is 27.5 Å². The van der Waals surface area contributed by atoms with E-state index in [4.69, 9.17) is 4.42 Å². The van der Waals surface area contributed by atoms with Gasteiger partial charge in [0.25, 0.3) is 0 Å². The second kappa shape index (κ2) is 11.8. The monoisotopic (exact) mass is 613 g/mol. The third-order valence-corrected chi connectivity index (χ3v) is 9.28. The Balaban J connectivity index is 1.15. The summed E-state index contributed by atoms with van der Waals surface area (Å²) in [6, 6.07) is 66.9. The SMILES string of the molecule is c1ccc(-c2ccc(-c3cccc4cccc(N(c5ccccc5)c5ccc(-c6ccc7c(c6)oc6ccccc67)cc5)c34)cc2)cc1. The van der Waals surface area contributed by atoms with Gasteiger partial charge in [0.05, 0.1) is 5.69 Å². The number of anilines is 3. The summed E-state index contributed by atoms with van der Waals surface area (Å²) in [4.78, 5) is 2.37. The van der Waals surface area contributed by atoms with Crippen LogP contribution >= 0.6 is 0 Å². The van der Waals surface area contributed by atoms with Crippen molar-refractivity contribution in [2.45, 2.75) is 0 Å². The van der Waals surface area contributed by atoms with Gasteiger partial charge in [0.1, 0.15) is 11.2 Å². The molecule has 0 radical (unpaired) electrons. The number of rotatable bonds is 6. The molecular weight excluding hydrogens is 583 g/mol. The predicted octanol–water partition coefficient (Wildman–Crippen LogP) is 13.2. The zero-order valence-corrected chi connectivity index (χ0v) is 26.3. The second-order valence-corrected chi connectivity index (χ2v) is 12.2. The number of hydrogen-bond acceptors (Lipinski definition) is 2. The van der Waals surface area contributed by atoms with Gasteiger partial charge >= 0.3 is 0 Å². The van der Waals surface area contributed by atoms with E-state index in [2.05, 4.69) is 181 Å². The lowest BCUT2D eigenvalue weighted by molar-refractivity contribution is 0.669. The predicted molar refractivity (Wildman–Crippen MR) is 202 cm³/mol. The fourth-order valence-corrected chi connectivity index (χ4v) is 6.93. The highest BCUT2D eigenvalue weighted by Crippen LogP contribution is 2.43. The van der Waals surface area contributed by atoms with Crippen LogP contribution in [0.15, 0.2) is 192 Å². The first kappa shape index (κ1) is 27.9. The molecule has 1 aromatic heterocycles. The van der Waals surface area contributed by atoms with E-state index in [0.29, 0.717) is 0 Å². The zero-order chi connectivity index (χ0) is 31.9. The minimum atomic E-state index is 0.906. The normalized spacial score (nSPS) is 11.3. The Hall–Kier alpha value is -6.38. The Bertz CT molecular complexity index is 2530. The fourth-order valence-electron chi connectivity index (χ4n) is 6.93. The van der Waals surface area contributed by atoms with Crippen molar-refractivity contribution in [3.8, 4) is 33.4 Å². The van der Waals surface area contributed by atoms with Gasteiger partial charge in [-0.1, -0.05) is 140 Å². The Morgan fingerprint density at radius 1 is 0.354 bits per heavy atom. The van der Waals surface area contributed by atoms with Gasteiger partial charge in [-0.15, -0.1) is 0 Å². The molecule has 0 atom stereocenters. The van der Waals surface area contributed by atoms with Crippen LogP contribution in [0.25, 0.3) is 66.1 Å². The van der Waals surface area contributed by atoms with Crippen LogP contribution in [0.2, 0.25) is 0 Å². The third kappa shape index (κ3) is 4.92. The largest absolute Gasteiger partial charge is 0.456 e. The van der Waals surface area contributed by atoms with Gasteiger partial charge < -0.3 is 9.32 Å². The Kier molecular flexibility index (Phi) is 6.84. The summed E-state index contributed by atoms with van der Waals surface area (Å²) in [7, 11) is 0. The first-order valence-corrected chi connectivity index (χ1v) is 16.3. The van der Waals surface area contributed by atoms with Crippen molar-refractivity contribution in [3.05, 3.63) is 188 Å². The molecule has 0 fully saturated rings. The van der Waals surface area contributed by atoms with E-state index in [1.807, 2.05) is 12.1 Å². The minimum Gasteiger partial charge on any atom is -0.456 e. The molecule has 9 rings (SSSR count). The summed E-state index contributed by atoms with van der Waals surface area (Å²) in [6.07, 6.45) is 0. The molecule has 1 heterocycles. The summed E-state index contributed by atoms with van der Waals surface area (Å²) in [5.74, 6) is 0. The van der Waals surface area contributed by atoms with Crippen LogP contribution in [0.1, 0.15) is 0 Å². The summed E-state index contributed by atoms with van der Waals surface area (Å²) in [5, 5.41) is 4.71. The average molecular weight is 614 g/mol. The molecule has 0 N–H and O–H groups in total. The minimum absolute atomic E-state index is 0.906. The Labute approximate surface area is 279 Å². The molecule has 8 aromatic carbocycles. The van der Waals surface area contributed by atoms with E-state index in [0.717, 1.165) is 50.1 Å². The standard InChI is InChI=1S/C46H31NO/c1-3-11-32(12-4-1)33-21-23-35(24-22-33)40-18-9-13-36-14-10-19-43(46(36)40)47(38-15-5-2-6-16-38)39-28-25-34(26-29-39)37-27-30-42-41-17-7-8-20-44(41)48-45(42)31-37/h1-31H. The molecular formula is C46H31NO. The molecule has 2 nitrogen and oxygen atoms in total. The van der Waals surface area contributed by atoms with Crippen LogP contribution in [0.5, 0.6) is 0 Å². The number of para-hydroxylation sites is 2. The van der Waals surface area contributed by atoms with Crippen molar-refractivity contribution in [1.82, 2.24) is 0 Å². The van der Waals surface area contributed by atoms with Crippen molar-refractivity contribution in [2.24, 2.45) is 0 Å². The zero-order valence-electron chi connectivity index (χ0n) is 26.3. The first-order chi connectivity index (χ1) is 23.8. The molecule has 0 aliphatic carbocycles. The molecule has 0 spiro atoms. The van der Waals surface area contributed by atoms with Gasteiger partial charge in [-0.3, -0.25) is 0 Å². The van der Waals surface area contributed by atoms with E-state index in [1.165, 1.54) is 33.0 Å². The lowest BCUT2D eigenvalue weighted by Gasteiger charge is -2.28. The van der Waals surface area contributed by atoms with Gasteiger partial charge in [0.2, 0.25) is 0 Å². The molecule has 0 aliphatic rings. The number of nitrogens with zero attached hydrogens (tertiary/aromatic N) is 1. The summed E-state index contributed by atoms with van der Waals surface area (Å²) in [5.41, 5.74) is 12.3. The van der Waals surface area contributed by atoms with Crippen molar-refractivity contribution in [1.29, 1.82) is 0 Å². The number of hydrogen-bond donors (Lipinski definition) is 0. The molecule has 0 unspecified atom stereocenters. The lowest BCUT2D eigenvalue weighted by atomic mass is 9.94. The molecule has 48 heavy (non-hydrogen) atoms. The highest BCUT2D eigenvalue weighted by atomic mass is 16.3. The van der Waals surface area contributed by atoms with Crippen LogP contribution in [0.4, 0.5) is 17.1 Å². The van der Waals surface area contributed by atoms with E-state index in [9.17, 15) is 0 Å². The maximum absolute atomic E-state index is 6.20. The molecule has 0 saturated heterocycles. The summed E-state index contributed by atoms with van der Waals surface area (Å²) < 4.78 is 6.20. The first-order valence-electron chi connectivity index (χ1n) is 16.3. The van der Waals surface area contributed by atoms with Gasteiger partial charge in [-0.2, -0.15) is 0 Å². The molecule has 226 valence electrons. The van der Waals surface area contributed by atoms with Gasteiger partial charge in [-0.25, -0.2) is 0 Å². The van der Waals surface area contributed by atoms with Crippen molar-refractivity contribution in [2.75, 3.05) is 4.90 Å². The van der Waals surface area contributed by atoms with Crippen molar-refractivity contribution < 1.29 is 4.42 Å². The highest BCUT2D eigenvalue weighted by molar-refractivity contribution is 6.08. The molecule has 0 saturated carbocycles. The van der Waals surface area contributed by atoms with Gasteiger partial charge in [-0.05, 0) is 87.3 Å². The maximum Gasteiger partial charge on any atom is 0.136 e. The smallest absolute Gasteiger partial charge is 0.136 e. The fraction of sp³-hybridized carbons (Fsp3) is 0. The molecule has 0 bridgehead atoms. The van der Waals surface area contributed by atoms with E-state index in [1.54, 1.807) is 0 Å². The van der Waals surface area contributed by atoms with Crippen LogP contribution in [0, 0.1) is 0 Å². The molecule has 2 heteroatoms. The van der Waals surface area contributed by atoms with Crippen molar-refractivity contribution in [3.63, 3.8) is 0 Å². The quantitative estimate of drug-likeness (QED) is 0.185. The number of furan rings is 1. The molecule has 9 aromatic rings. The van der Waals surface area contributed by atoms with Gasteiger partial charge in [0.15, 0.2) is 0 Å².